The number of aldehydes is 1. The highest BCUT2D eigenvalue weighted by atomic mass is 32.2. The topological polar surface area (TPSA) is 109 Å². The zero-order valence-electron chi connectivity index (χ0n) is 26.3. The summed E-state index contributed by atoms with van der Waals surface area (Å²) < 4.78 is 26.2. The smallest absolute Gasteiger partial charge is 0.137 e. The first kappa shape index (κ1) is 33.2. The molecule has 2 N–H and O–H groups in total. The molecule has 2 aliphatic heterocycles. The van der Waals surface area contributed by atoms with Gasteiger partial charge in [0, 0.05) is 30.9 Å². The number of carbonyl (C=O) groups excluding carboxylic acids is 1. The molecule has 3 heterocycles. The zero-order chi connectivity index (χ0) is 31.4. The predicted molar refractivity (Wildman–Crippen MR) is 170 cm³/mol. The van der Waals surface area contributed by atoms with Crippen LogP contribution in [0.1, 0.15) is 60.6 Å². The van der Waals surface area contributed by atoms with Crippen LogP contribution in [-0.2, 0) is 35.2 Å². The van der Waals surface area contributed by atoms with Crippen LogP contribution in [0.15, 0.2) is 24.4 Å². The minimum Gasteiger partial charge on any atom is -0.495 e. The summed E-state index contributed by atoms with van der Waals surface area (Å²) in [6.07, 6.45) is 6.65. The molecule has 8 nitrogen and oxygen atoms in total. The Kier molecular flexibility index (Phi) is 10.9. The third-order valence-corrected chi connectivity index (χ3v) is 8.26. The summed E-state index contributed by atoms with van der Waals surface area (Å²) in [5.74, 6) is 1.63. The van der Waals surface area contributed by atoms with Crippen molar-refractivity contribution in [2.45, 2.75) is 73.0 Å². The molecule has 1 unspecified atom stereocenters. The van der Waals surface area contributed by atoms with Crippen LogP contribution in [0.5, 0.6) is 11.5 Å². The number of aliphatic hydroxyl groups is 2. The average Bonchev–Trinajstić information content (AvgIpc) is 2.95. The number of ether oxygens (including phenoxy) is 2. The molecule has 9 heteroatoms. The van der Waals surface area contributed by atoms with Crippen molar-refractivity contribution >= 4 is 23.0 Å². The summed E-state index contributed by atoms with van der Waals surface area (Å²) in [6.45, 7) is 12.7. The molecule has 42 heavy (non-hydrogen) atoms. The van der Waals surface area contributed by atoms with Gasteiger partial charge in [0.2, 0.25) is 0 Å². The van der Waals surface area contributed by atoms with Crippen molar-refractivity contribution in [3.8, 4) is 33.9 Å². The molecule has 228 valence electrons. The summed E-state index contributed by atoms with van der Waals surface area (Å²) in [7, 11) is 1.37. The normalized spacial score (nSPS) is 14.0. The summed E-state index contributed by atoms with van der Waals surface area (Å²) >= 11 is 0. The van der Waals surface area contributed by atoms with Gasteiger partial charge >= 0.3 is 0 Å². The number of pyridine rings is 1. The molecule has 1 aromatic heterocycles. The molecule has 0 radical (unpaired) electrons. The van der Waals surface area contributed by atoms with Gasteiger partial charge in [0.1, 0.15) is 28.8 Å². The van der Waals surface area contributed by atoms with Crippen molar-refractivity contribution in [2.24, 2.45) is 0 Å². The molecule has 0 saturated heterocycles. The van der Waals surface area contributed by atoms with E-state index >= 15 is 0 Å². The molecule has 3 aromatic rings. The van der Waals surface area contributed by atoms with Crippen LogP contribution in [0.2, 0.25) is 0 Å². The van der Waals surface area contributed by atoms with Gasteiger partial charge in [-0.15, -0.1) is 0 Å². The molecule has 0 spiro atoms. The highest BCUT2D eigenvalue weighted by Gasteiger charge is 2.33. The number of benzene rings is 2. The van der Waals surface area contributed by atoms with Crippen LogP contribution in [-0.4, -0.2) is 58.4 Å². The second-order valence-electron chi connectivity index (χ2n) is 11.4. The quantitative estimate of drug-likeness (QED) is 0.379. The number of fused-ring (bicyclic) bond motifs is 4. The maximum absolute atomic E-state index is 12.9. The molecule has 1 atom stereocenters. The first-order valence-corrected chi connectivity index (χ1v) is 15.6. The van der Waals surface area contributed by atoms with E-state index in [-0.39, 0.29) is 6.42 Å². The van der Waals surface area contributed by atoms with Gasteiger partial charge in [0.05, 0.1) is 43.4 Å². The standard InChI is InChI=1S/C28H30N2O4S.C4H10O.CH4O/c1-16-21-7-6-12-34-24(21)9-8-22(16)25-18(3)26-27-19(13-20(33-4)14-29-27)15-30(35(5)32)28(26)17(2)23(25)10-11-31;1-4(2,3)5;1-2/h8-9,11,13-14H,6-7,10,12,15H2,1-5H3;5H,1-3H3;2H,1H3. The van der Waals surface area contributed by atoms with Crippen molar-refractivity contribution in [2.75, 3.05) is 31.4 Å². The lowest BCUT2D eigenvalue weighted by Crippen LogP contribution is -2.30. The molecule has 2 aliphatic rings. The molecule has 0 amide bonds. The Morgan fingerprint density at radius 2 is 1.79 bits per heavy atom. The Hall–Kier alpha value is -3.27. The fourth-order valence-electron chi connectivity index (χ4n) is 5.63. The summed E-state index contributed by atoms with van der Waals surface area (Å²) in [6, 6.07) is 6.14. The van der Waals surface area contributed by atoms with Crippen molar-refractivity contribution < 1.29 is 28.7 Å². The predicted octanol–water partition coefficient (Wildman–Crippen LogP) is 5.42. The molecule has 0 bridgehead atoms. The molecule has 0 fully saturated rings. The number of anilines is 1. The SMILES string of the molecule is CC(C)(C)O.CO.COc1cnc2c(c1)CN(S(C)=O)c1c(C)c(CC=O)c(-c3ccc4c(c3C)CCCO4)c(C)c1-2. The van der Waals surface area contributed by atoms with E-state index in [0.717, 1.165) is 88.9 Å². The highest BCUT2D eigenvalue weighted by Crippen LogP contribution is 2.50. The van der Waals surface area contributed by atoms with Gasteiger partial charge in [0.15, 0.2) is 0 Å². The first-order chi connectivity index (χ1) is 19.9. The fourth-order valence-corrected chi connectivity index (χ4v) is 6.44. The highest BCUT2D eigenvalue weighted by molar-refractivity contribution is 7.85. The third-order valence-electron chi connectivity index (χ3n) is 7.33. The van der Waals surface area contributed by atoms with Crippen LogP contribution in [0.25, 0.3) is 22.4 Å². The summed E-state index contributed by atoms with van der Waals surface area (Å²) in [4.78, 5) is 16.7. The minimum absolute atomic E-state index is 0.287. The van der Waals surface area contributed by atoms with Crippen LogP contribution in [0, 0.1) is 20.8 Å². The van der Waals surface area contributed by atoms with Gasteiger partial charge in [-0.3, -0.25) is 9.29 Å². The monoisotopic (exact) mass is 596 g/mol. The summed E-state index contributed by atoms with van der Waals surface area (Å²) in [5, 5.41) is 15.5. The van der Waals surface area contributed by atoms with E-state index in [9.17, 15) is 9.00 Å². The zero-order valence-corrected chi connectivity index (χ0v) is 27.1. The van der Waals surface area contributed by atoms with Gasteiger partial charge in [-0.2, -0.15) is 0 Å². The van der Waals surface area contributed by atoms with Crippen molar-refractivity contribution in [1.82, 2.24) is 4.98 Å². The Morgan fingerprint density at radius 1 is 1.12 bits per heavy atom. The molecule has 5 rings (SSSR count). The third kappa shape index (κ3) is 6.85. The second-order valence-corrected chi connectivity index (χ2v) is 12.7. The first-order valence-electron chi connectivity index (χ1n) is 14.0. The molecule has 2 aromatic carbocycles. The maximum atomic E-state index is 12.9. The average molecular weight is 597 g/mol. The van der Waals surface area contributed by atoms with Gasteiger partial charge in [0.25, 0.3) is 0 Å². The Labute approximate surface area is 252 Å². The Balaban J connectivity index is 0.000000627. The van der Waals surface area contributed by atoms with E-state index < -0.39 is 16.6 Å². The van der Waals surface area contributed by atoms with Gasteiger partial charge in [-0.25, -0.2) is 4.21 Å². The molecular formula is C33H44N2O6S. The van der Waals surface area contributed by atoms with E-state index in [4.69, 9.17) is 24.7 Å². The number of hydrogen-bond acceptors (Lipinski definition) is 7. The Morgan fingerprint density at radius 3 is 2.38 bits per heavy atom. The van der Waals surface area contributed by atoms with Crippen molar-refractivity contribution in [1.29, 1.82) is 0 Å². The van der Waals surface area contributed by atoms with Crippen molar-refractivity contribution in [3.63, 3.8) is 0 Å². The molecule has 0 saturated carbocycles. The number of rotatable bonds is 5. The van der Waals surface area contributed by atoms with Crippen LogP contribution < -0.4 is 13.8 Å². The lowest BCUT2D eigenvalue weighted by molar-refractivity contribution is -0.107. The molecule has 0 aliphatic carbocycles. The summed E-state index contributed by atoms with van der Waals surface area (Å²) in [5.41, 5.74) is 10.8. The number of aromatic nitrogens is 1. The fraction of sp³-hybridized carbons (Fsp3) is 0.455. The molecular weight excluding hydrogens is 552 g/mol. The van der Waals surface area contributed by atoms with E-state index in [1.54, 1.807) is 40.3 Å². The number of methoxy groups -OCH3 is 1. The largest absolute Gasteiger partial charge is 0.495 e. The maximum Gasteiger partial charge on any atom is 0.137 e. The van der Waals surface area contributed by atoms with Crippen LogP contribution in [0.4, 0.5) is 5.69 Å². The number of aliphatic hydroxyl groups excluding tert-OH is 1. The van der Waals surface area contributed by atoms with E-state index in [0.29, 0.717) is 12.3 Å². The van der Waals surface area contributed by atoms with E-state index in [1.807, 2.05) is 17.3 Å². The second kappa shape index (κ2) is 13.8. The van der Waals surface area contributed by atoms with Gasteiger partial charge in [-0.1, -0.05) is 6.07 Å². The minimum atomic E-state index is -1.26. The number of carbonyl (C=O) groups is 1. The van der Waals surface area contributed by atoms with E-state index in [1.165, 1.54) is 11.1 Å². The number of nitrogens with zero attached hydrogens (tertiary/aromatic N) is 2. The van der Waals surface area contributed by atoms with E-state index in [2.05, 4.69) is 26.0 Å². The number of hydrogen-bond donors (Lipinski definition) is 2. The lowest BCUT2D eigenvalue weighted by atomic mass is 9.80. The van der Waals surface area contributed by atoms with Crippen LogP contribution >= 0.6 is 0 Å². The van der Waals surface area contributed by atoms with Crippen molar-refractivity contribution in [3.05, 3.63) is 57.8 Å². The Bertz CT molecular complexity index is 1470. The van der Waals surface area contributed by atoms with Crippen LogP contribution in [0.3, 0.4) is 0 Å². The van der Waals surface area contributed by atoms with Gasteiger partial charge in [-0.05, 0) is 105 Å². The van der Waals surface area contributed by atoms with Gasteiger partial charge < -0.3 is 24.5 Å². The lowest BCUT2D eigenvalue weighted by Gasteiger charge is -2.35.